The van der Waals surface area contributed by atoms with Crippen molar-refractivity contribution >= 4 is 33.3 Å². The summed E-state index contributed by atoms with van der Waals surface area (Å²) in [6, 6.07) is 4.41. The van der Waals surface area contributed by atoms with Gasteiger partial charge in [-0.15, -0.1) is 0 Å². The van der Waals surface area contributed by atoms with Gasteiger partial charge in [0.2, 0.25) is 10.0 Å². The SMILES string of the molecule is CC(C(=O)O)c1ccc(NS(C)(=O)=O)c(Cl)c1. The molecule has 0 fully saturated rings. The number of halogens is 1. The second-order valence-corrected chi connectivity index (χ2v) is 5.83. The first kappa shape index (κ1) is 13.8. The number of rotatable bonds is 4. The first-order valence-electron chi connectivity index (χ1n) is 4.71. The average Bonchev–Trinajstić information content (AvgIpc) is 2.18. The van der Waals surface area contributed by atoms with E-state index in [4.69, 9.17) is 16.7 Å². The normalized spacial score (nSPS) is 13.1. The third-order valence-electron chi connectivity index (χ3n) is 2.16. The lowest BCUT2D eigenvalue weighted by atomic mass is 10.0. The van der Waals surface area contributed by atoms with Gasteiger partial charge in [0, 0.05) is 0 Å². The van der Waals surface area contributed by atoms with Crippen molar-refractivity contribution in [1.82, 2.24) is 0 Å². The van der Waals surface area contributed by atoms with Crippen molar-refractivity contribution in [2.24, 2.45) is 0 Å². The molecule has 0 radical (unpaired) electrons. The molecule has 0 aliphatic carbocycles. The summed E-state index contributed by atoms with van der Waals surface area (Å²) in [5, 5.41) is 9.00. The van der Waals surface area contributed by atoms with Crippen molar-refractivity contribution in [1.29, 1.82) is 0 Å². The van der Waals surface area contributed by atoms with Crippen LogP contribution in [-0.4, -0.2) is 25.7 Å². The zero-order valence-corrected chi connectivity index (χ0v) is 10.8. The van der Waals surface area contributed by atoms with Crippen LogP contribution in [0.25, 0.3) is 0 Å². The summed E-state index contributed by atoms with van der Waals surface area (Å²) in [6.45, 7) is 1.53. The third-order valence-corrected chi connectivity index (χ3v) is 3.06. The van der Waals surface area contributed by atoms with E-state index in [0.29, 0.717) is 5.56 Å². The molecule has 0 amide bonds. The monoisotopic (exact) mass is 277 g/mol. The first-order valence-corrected chi connectivity index (χ1v) is 6.97. The van der Waals surface area contributed by atoms with Crippen LogP contribution in [0.2, 0.25) is 5.02 Å². The lowest BCUT2D eigenvalue weighted by Crippen LogP contribution is -2.11. The molecule has 1 atom stereocenters. The summed E-state index contributed by atoms with van der Waals surface area (Å²) in [6.07, 6.45) is 1.01. The molecule has 1 aromatic carbocycles. The van der Waals surface area contributed by atoms with Gasteiger partial charge >= 0.3 is 5.97 Å². The average molecular weight is 278 g/mol. The number of carboxylic acids is 1. The number of hydrogen-bond acceptors (Lipinski definition) is 3. The Morgan fingerprint density at radius 3 is 2.47 bits per heavy atom. The summed E-state index contributed by atoms with van der Waals surface area (Å²) < 4.78 is 24.3. The van der Waals surface area contributed by atoms with Gasteiger partial charge in [-0.1, -0.05) is 17.7 Å². The van der Waals surface area contributed by atoms with E-state index < -0.39 is 21.9 Å². The zero-order chi connectivity index (χ0) is 13.2. The van der Waals surface area contributed by atoms with E-state index in [0.717, 1.165) is 6.26 Å². The fourth-order valence-electron chi connectivity index (χ4n) is 1.23. The topological polar surface area (TPSA) is 83.5 Å². The molecule has 0 aliphatic heterocycles. The molecular formula is C10H12ClNO4S. The highest BCUT2D eigenvalue weighted by Crippen LogP contribution is 2.27. The predicted octanol–water partition coefficient (Wildman–Crippen LogP) is 1.90. The summed E-state index contributed by atoms with van der Waals surface area (Å²) in [5.41, 5.74) is 0.747. The van der Waals surface area contributed by atoms with Crippen LogP contribution in [0.3, 0.4) is 0 Å². The van der Waals surface area contributed by atoms with Gasteiger partial charge in [-0.2, -0.15) is 0 Å². The molecule has 7 heteroatoms. The van der Waals surface area contributed by atoms with Gasteiger partial charge in [-0.25, -0.2) is 8.42 Å². The van der Waals surface area contributed by atoms with Gasteiger partial charge in [0.25, 0.3) is 0 Å². The molecular weight excluding hydrogens is 266 g/mol. The Hall–Kier alpha value is -1.27. The second-order valence-electron chi connectivity index (χ2n) is 3.67. The Morgan fingerprint density at radius 2 is 2.06 bits per heavy atom. The number of aliphatic carboxylic acids is 1. The van der Waals surface area contributed by atoms with E-state index in [-0.39, 0.29) is 10.7 Å². The fourth-order valence-corrected chi connectivity index (χ4v) is 2.10. The van der Waals surface area contributed by atoms with E-state index >= 15 is 0 Å². The standard InChI is InChI=1S/C10H12ClNO4S/c1-6(10(13)14)7-3-4-9(8(11)5-7)12-17(2,15)16/h3-6,12H,1-2H3,(H,13,14). The number of benzene rings is 1. The number of sulfonamides is 1. The van der Waals surface area contributed by atoms with Gasteiger partial charge in [-0.05, 0) is 24.6 Å². The number of carboxylic acid groups (broad SMARTS) is 1. The second kappa shape index (κ2) is 4.93. The Kier molecular flexibility index (Phi) is 4.00. The lowest BCUT2D eigenvalue weighted by Gasteiger charge is -2.10. The summed E-state index contributed by atoms with van der Waals surface area (Å²) in [4.78, 5) is 10.8. The zero-order valence-electron chi connectivity index (χ0n) is 9.27. The van der Waals surface area contributed by atoms with Crippen LogP contribution in [-0.2, 0) is 14.8 Å². The molecule has 0 aromatic heterocycles. The Labute approximate surface area is 104 Å². The molecule has 0 saturated carbocycles. The maximum atomic E-state index is 11.0. The number of hydrogen-bond donors (Lipinski definition) is 2. The molecule has 1 unspecified atom stereocenters. The number of nitrogens with one attached hydrogen (secondary N) is 1. The maximum Gasteiger partial charge on any atom is 0.310 e. The minimum Gasteiger partial charge on any atom is -0.481 e. The largest absolute Gasteiger partial charge is 0.481 e. The Balaban J connectivity index is 3.06. The molecule has 0 bridgehead atoms. The highest BCUT2D eigenvalue weighted by Gasteiger charge is 2.15. The van der Waals surface area contributed by atoms with E-state index in [2.05, 4.69) is 4.72 Å². The molecule has 1 rings (SSSR count). The van der Waals surface area contributed by atoms with E-state index in [1.54, 1.807) is 0 Å². The quantitative estimate of drug-likeness (QED) is 0.880. The third kappa shape index (κ3) is 3.90. The summed E-state index contributed by atoms with van der Waals surface area (Å²) >= 11 is 5.86. The van der Waals surface area contributed by atoms with Crippen molar-refractivity contribution < 1.29 is 18.3 Å². The van der Waals surface area contributed by atoms with Crippen LogP contribution in [0.1, 0.15) is 18.4 Å². The molecule has 5 nitrogen and oxygen atoms in total. The van der Waals surface area contributed by atoms with E-state index in [9.17, 15) is 13.2 Å². The Bertz CT molecular complexity index is 541. The summed E-state index contributed by atoms with van der Waals surface area (Å²) in [7, 11) is -3.40. The van der Waals surface area contributed by atoms with E-state index in [1.807, 2.05) is 0 Å². The van der Waals surface area contributed by atoms with Crippen molar-refractivity contribution in [3.05, 3.63) is 28.8 Å². The molecule has 94 valence electrons. The number of anilines is 1. The smallest absolute Gasteiger partial charge is 0.310 e. The molecule has 0 heterocycles. The van der Waals surface area contributed by atoms with Crippen LogP contribution in [0.15, 0.2) is 18.2 Å². The molecule has 0 saturated heterocycles. The van der Waals surface area contributed by atoms with Crippen LogP contribution in [0, 0.1) is 0 Å². The molecule has 17 heavy (non-hydrogen) atoms. The van der Waals surface area contributed by atoms with Gasteiger partial charge in [0.05, 0.1) is 22.9 Å². The van der Waals surface area contributed by atoms with Gasteiger partial charge in [0.1, 0.15) is 0 Å². The Morgan fingerprint density at radius 1 is 1.47 bits per heavy atom. The minimum absolute atomic E-state index is 0.168. The highest BCUT2D eigenvalue weighted by molar-refractivity contribution is 7.92. The van der Waals surface area contributed by atoms with Gasteiger partial charge < -0.3 is 5.11 Å². The molecule has 2 N–H and O–H groups in total. The van der Waals surface area contributed by atoms with E-state index in [1.165, 1.54) is 25.1 Å². The van der Waals surface area contributed by atoms with Crippen LogP contribution >= 0.6 is 11.6 Å². The van der Waals surface area contributed by atoms with Crippen LogP contribution < -0.4 is 4.72 Å². The van der Waals surface area contributed by atoms with Gasteiger partial charge in [-0.3, -0.25) is 9.52 Å². The van der Waals surface area contributed by atoms with Crippen molar-refractivity contribution in [3.63, 3.8) is 0 Å². The number of carbonyl (C=O) groups is 1. The predicted molar refractivity (Wildman–Crippen MR) is 66.0 cm³/mol. The highest BCUT2D eigenvalue weighted by atomic mass is 35.5. The lowest BCUT2D eigenvalue weighted by molar-refractivity contribution is -0.138. The van der Waals surface area contributed by atoms with Crippen molar-refractivity contribution in [2.75, 3.05) is 11.0 Å². The van der Waals surface area contributed by atoms with Crippen molar-refractivity contribution in [2.45, 2.75) is 12.8 Å². The van der Waals surface area contributed by atoms with Crippen LogP contribution in [0.4, 0.5) is 5.69 Å². The summed E-state index contributed by atoms with van der Waals surface area (Å²) in [5.74, 6) is -1.66. The van der Waals surface area contributed by atoms with Crippen molar-refractivity contribution in [3.8, 4) is 0 Å². The van der Waals surface area contributed by atoms with Gasteiger partial charge in [0.15, 0.2) is 0 Å². The molecule has 0 spiro atoms. The first-order chi connectivity index (χ1) is 7.70. The molecule has 1 aromatic rings. The maximum absolute atomic E-state index is 11.0. The molecule has 0 aliphatic rings. The fraction of sp³-hybridized carbons (Fsp3) is 0.300. The minimum atomic E-state index is -3.40. The van der Waals surface area contributed by atoms with Crippen LogP contribution in [0.5, 0.6) is 0 Å².